The second-order valence-corrected chi connectivity index (χ2v) is 15.2. The normalized spacial score (nSPS) is 11.6. The second kappa shape index (κ2) is 13.3. The maximum atomic E-state index is 6.53. The molecule has 0 aliphatic rings. The first kappa shape index (κ1) is 32.3. The molecule has 0 spiro atoms. The van der Waals surface area contributed by atoms with Crippen molar-refractivity contribution in [2.45, 2.75) is 0 Å². The molecular formula is C52H32N2OS. The maximum absolute atomic E-state index is 6.53. The lowest BCUT2D eigenvalue weighted by Gasteiger charge is -2.09. The smallest absolute Gasteiger partial charge is 0.180 e. The van der Waals surface area contributed by atoms with Crippen molar-refractivity contribution in [2.75, 3.05) is 0 Å². The summed E-state index contributed by atoms with van der Waals surface area (Å²) >= 11 is 1.84. The third-order valence-corrected chi connectivity index (χ3v) is 12.0. The minimum atomic E-state index is 0.694. The molecule has 0 saturated carbocycles. The molecule has 3 heterocycles. The average Bonchev–Trinajstić information content (AvgIpc) is 3.85. The third-order valence-electron chi connectivity index (χ3n) is 10.8. The summed E-state index contributed by atoms with van der Waals surface area (Å²) in [7, 11) is 0. The number of rotatable bonds is 6. The van der Waals surface area contributed by atoms with E-state index in [2.05, 4.69) is 188 Å². The van der Waals surface area contributed by atoms with Gasteiger partial charge in [0, 0.05) is 31.1 Å². The van der Waals surface area contributed by atoms with Gasteiger partial charge in [-0.3, -0.25) is 0 Å². The van der Waals surface area contributed by atoms with Crippen molar-refractivity contribution in [3.05, 3.63) is 194 Å². The zero-order valence-corrected chi connectivity index (χ0v) is 31.0. The van der Waals surface area contributed by atoms with E-state index in [1.807, 2.05) is 11.3 Å². The molecule has 0 unspecified atom stereocenters. The number of fused-ring (bicyclic) bond motifs is 6. The minimum Gasteiger partial charge on any atom is -0.452 e. The lowest BCUT2D eigenvalue weighted by molar-refractivity contribution is 0.667. The molecule has 0 N–H and O–H groups in total. The first-order valence-electron chi connectivity index (χ1n) is 18.8. The van der Waals surface area contributed by atoms with E-state index in [9.17, 15) is 0 Å². The molecule has 0 saturated heterocycles. The summed E-state index contributed by atoms with van der Waals surface area (Å²) in [5, 5.41) is 3.56. The predicted molar refractivity (Wildman–Crippen MR) is 235 cm³/mol. The molecule has 0 bridgehead atoms. The van der Waals surface area contributed by atoms with E-state index in [1.54, 1.807) is 6.33 Å². The largest absolute Gasteiger partial charge is 0.452 e. The molecule has 0 fully saturated rings. The van der Waals surface area contributed by atoms with Gasteiger partial charge in [0.1, 0.15) is 23.1 Å². The van der Waals surface area contributed by atoms with Crippen LogP contribution in [0.25, 0.3) is 109 Å². The van der Waals surface area contributed by atoms with Crippen molar-refractivity contribution in [1.82, 2.24) is 9.97 Å². The Kier molecular flexibility index (Phi) is 7.68. The Balaban J connectivity index is 0.916. The molecule has 0 amide bonds. The fourth-order valence-electron chi connectivity index (χ4n) is 8.01. The molecule has 4 heteroatoms. The van der Waals surface area contributed by atoms with Gasteiger partial charge in [0.2, 0.25) is 0 Å². The first-order valence-corrected chi connectivity index (χ1v) is 19.6. The van der Waals surface area contributed by atoms with Crippen molar-refractivity contribution in [3.8, 4) is 66.9 Å². The highest BCUT2D eigenvalue weighted by molar-refractivity contribution is 7.26. The standard InChI is InChI=1S/C52H32N2OS/c1-2-10-33(11-3-1)36-12-6-13-37(28-36)34-22-24-35(25-23-34)38-14-7-15-39(29-38)40-26-27-47-46(31-40)50-51(55-47)49(53-32-54-50)42-17-8-16-41(30-42)43-19-9-20-45-44-18-4-5-21-48(44)56-52(43)45/h1-32H. The number of nitrogens with zero attached hydrogens (tertiary/aromatic N) is 2. The number of furan rings is 1. The zero-order chi connectivity index (χ0) is 37.0. The Morgan fingerprint density at radius 3 is 1.66 bits per heavy atom. The highest BCUT2D eigenvalue weighted by Crippen LogP contribution is 2.42. The fourth-order valence-corrected chi connectivity index (χ4v) is 9.25. The van der Waals surface area contributed by atoms with Crippen molar-refractivity contribution in [3.63, 3.8) is 0 Å². The lowest BCUT2D eigenvalue weighted by atomic mass is 9.95. The fraction of sp³-hybridized carbons (Fsp3) is 0. The predicted octanol–water partition coefficient (Wildman–Crippen LogP) is 14.7. The summed E-state index contributed by atoms with van der Waals surface area (Å²) < 4.78 is 9.13. The molecular weight excluding hydrogens is 701 g/mol. The molecule has 0 aliphatic carbocycles. The molecule has 56 heavy (non-hydrogen) atoms. The SMILES string of the molecule is c1ccc(-c2cccc(-c3ccc(-c4cccc(-c5ccc6oc7c(-c8cccc(-c9cccc%10c9sc9ccccc9%10)c8)ncnc7c6c5)c4)cc3)c2)cc1. The van der Waals surface area contributed by atoms with Gasteiger partial charge in [-0.1, -0.05) is 152 Å². The molecule has 11 rings (SSSR count). The number of aromatic nitrogens is 2. The van der Waals surface area contributed by atoms with Gasteiger partial charge in [0.25, 0.3) is 0 Å². The van der Waals surface area contributed by atoms with Gasteiger partial charge in [-0.15, -0.1) is 11.3 Å². The Morgan fingerprint density at radius 2 is 0.911 bits per heavy atom. The minimum absolute atomic E-state index is 0.694. The average molecular weight is 733 g/mol. The van der Waals surface area contributed by atoms with Gasteiger partial charge in [-0.2, -0.15) is 0 Å². The summed E-state index contributed by atoms with van der Waals surface area (Å²) in [6.45, 7) is 0. The zero-order valence-electron chi connectivity index (χ0n) is 30.2. The number of hydrogen-bond donors (Lipinski definition) is 0. The molecule has 0 atom stereocenters. The summed E-state index contributed by atoms with van der Waals surface area (Å²) in [6.07, 6.45) is 1.65. The molecule has 262 valence electrons. The van der Waals surface area contributed by atoms with Crippen LogP contribution >= 0.6 is 11.3 Å². The van der Waals surface area contributed by atoms with Crippen LogP contribution in [0.15, 0.2) is 199 Å². The summed E-state index contributed by atoms with van der Waals surface area (Å²) in [5.41, 5.74) is 15.9. The van der Waals surface area contributed by atoms with E-state index in [1.165, 1.54) is 59.1 Å². The van der Waals surface area contributed by atoms with Crippen LogP contribution in [0.2, 0.25) is 0 Å². The topological polar surface area (TPSA) is 38.9 Å². The molecule has 11 aromatic rings. The Bertz CT molecular complexity index is 3250. The molecule has 3 aromatic heterocycles. The van der Waals surface area contributed by atoms with Crippen LogP contribution in [-0.2, 0) is 0 Å². The van der Waals surface area contributed by atoms with E-state index in [4.69, 9.17) is 14.4 Å². The van der Waals surface area contributed by atoms with Crippen molar-refractivity contribution >= 4 is 53.6 Å². The van der Waals surface area contributed by atoms with Crippen molar-refractivity contribution in [1.29, 1.82) is 0 Å². The van der Waals surface area contributed by atoms with Gasteiger partial charge < -0.3 is 4.42 Å². The van der Waals surface area contributed by atoms with Gasteiger partial charge in [-0.25, -0.2) is 9.97 Å². The quantitative estimate of drug-likeness (QED) is 0.171. The van der Waals surface area contributed by atoms with Crippen molar-refractivity contribution < 1.29 is 4.42 Å². The first-order chi connectivity index (χ1) is 27.7. The summed E-state index contributed by atoms with van der Waals surface area (Å²) in [6, 6.07) is 67.1. The highest BCUT2D eigenvalue weighted by Gasteiger charge is 2.17. The number of benzene rings is 8. The second-order valence-electron chi connectivity index (χ2n) is 14.2. The monoisotopic (exact) mass is 732 g/mol. The molecule has 8 aromatic carbocycles. The van der Waals surface area contributed by atoms with Crippen molar-refractivity contribution in [2.24, 2.45) is 0 Å². The third kappa shape index (κ3) is 5.58. The van der Waals surface area contributed by atoms with Crippen LogP contribution in [0.5, 0.6) is 0 Å². The van der Waals surface area contributed by atoms with Gasteiger partial charge in [-0.05, 0) is 92.0 Å². The molecule has 0 radical (unpaired) electrons. The van der Waals surface area contributed by atoms with Crippen LogP contribution in [0.1, 0.15) is 0 Å². The Labute approximate surface area is 327 Å². The highest BCUT2D eigenvalue weighted by atomic mass is 32.1. The van der Waals surface area contributed by atoms with Gasteiger partial charge >= 0.3 is 0 Å². The van der Waals surface area contributed by atoms with Crippen LogP contribution in [0, 0.1) is 0 Å². The van der Waals surface area contributed by atoms with E-state index in [-0.39, 0.29) is 0 Å². The van der Waals surface area contributed by atoms with E-state index >= 15 is 0 Å². The number of hydrogen-bond acceptors (Lipinski definition) is 4. The van der Waals surface area contributed by atoms with E-state index < -0.39 is 0 Å². The van der Waals surface area contributed by atoms with E-state index in [0.717, 1.165) is 44.4 Å². The van der Waals surface area contributed by atoms with Crippen LogP contribution in [0.3, 0.4) is 0 Å². The van der Waals surface area contributed by atoms with Gasteiger partial charge in [0.05, 0.1) is 0 Å². The maximum Gasteiger partial charge on any atom is 0.180 e. The van der Waals surface area contributed by atoms with E-state index in [0.29, 0.717) is 5.58 Å². The number of thiophene rings is 1. The lowest BCUT2D eigenvalue weighted by Crippen LogP contribution is -1.88. The van der Waals surface area contributed by atoms with Crippen LogP contribution in [-0.4, -0.2) is 9.97 Å². The Morgan fingerprint density at radius 1 is 0.375 bits per heavy atom. The van der Waals surface area contributed by atoms with Crippen LogP contribution < -0.4 is 0 Å². The molecule has 3 nitrogen and oxygen atoms in total. The summed E-state index contributed by atoms with van der Waals surface area (Å²) in [4.78, 5) is 9.53. The molecule has 0 aliphatic heterocycles. The Hall–Kier alpha value is -7.14. The van der Waals surface area contributed by atoms with Crippen LogP contribution in [0.4, 0.5) is 0 Å². The van der Waals surface area contributed by atoms with Gasteiger partial charge in [0.15, 0.2) is 5.58 Å². The summed E-state index contributed by atoms with van der Waals surface area (Å²) in [5.74, 6) is 0.